The lowest BCUT2D eigenvalue weighted by atomic mass is 10.0. The van der Waals surface area contributed by atoms with E-state index in [2.05, 4.69) is 181 Å². The van der Waals surface area contributed by atoms with Crippen molar-refractivity contribution in [1.29, 1.82) is 0 Å². The Morgan fingerprint density at radius 3 is 1.50 bits per heavy atom. The number of benzene rings is 8. The van der Waals surface area contributed by atoms with Gasteiger partial charge in [-0.2, -0.15) is 0 Å². The highest BCUT2D eigenvalue weighted by Gasteiger charge is 2.16. The van der Waals surface area contributed by atoms with Crippen LogP contribution in [0.3, 0.4) is 0 Å². The number of furan rings is 1. The molecule has 9 rings (SSSR count). The minimum Gasteiger partial charge on any atom is -0.456 e. The molecule has 0 unspecified atom stereocenters. The summed E-state index contributed by atoms with van der Waals surface area (Å²) >= 11 is 0. The Hall–Kier alpha value is -6.12. The van der Waals surface area contributed by atoms with E-state index < -0.39 is 0 Å². The zero-order valence-corrected chi connectivity index (χ0v) is 25.1. The van der Waals surface area contributed by atoms with Crippen molar-refractivity contribution in [2.75, 3.05) is 4.90 Å². The largest absolute Gasteiger partial charge is 0.456 e. The molecule has 1 heterocycles. The van der Waals surface area contributed by atoms with Gasteiger partial charge in [0.1, 0.15) is 11.2 Å². The average Bonchev–Trinajstić information content (AvgIpc) is 3.48. The van der Waals surface area contributed by atoms with Gasteiger partial charge in [0.15, 0.2) is 0 Å². The summed E-state index contributed by atoms with van der Waals surface area (Å²) in [6, 6.07) is 62.8. The first-order valence-corrected chi connectivity index (χ1v) is 15.7. The summed E-state index contributed by atoms with van der Waals surface area (Å²) in [5, 5.41) is 7.15. The highest BCUT2D eigenvalue weighted by atomic mass is 16.3. The summed E-state index contributed by atoms with van der Waals surface area (Å²) in [6.07, 6.45) is 0. The second-order valence-corrected chi connectivity index (χ2v) is 11.8. The van der Waals surface area contributed by atoms with Crippen LogP contribution in [0.4, 0.5) is 17.1 Å². The zero-order valence-electron chi connectivity index (χ0n) is 25.1. The van der Waals surface area contributed by atoms with Crippen LogP contribution in [-0.4, -0.2) is 0 Å². The standard InChI is InChI=1S/C44H29NO/c1-2-8-30(9-3-1)32-16-20-38(21-17-32)45(39-22-18-33(19-23-39)37-15-14-31-10-4-5-11-34(31)26-37)40-24-25-41-42-27-35-12-6-7-13-36(35)28-43(42)46-44(41)29-40/h1-29H. The molecule has 0 aliphatic carbocycles. The number of anilines is 3. The Bertz CT molecular complexity index is 2510. The predicted molar refractivity (Wildman–Crippen MR) is 194 cm³/mol. The quantitative estimate of drug-likeness (QED) is 0.199. The molecule has 2 heteroatoms. The molecule has 0 aliphatic heterocycles. The Morgan fingerprint density at radius 1 is 0.304 bits per heavy atom. The molecule has 0 radical (unpaired) electrons. The van der Waals surface area contributed by atoms with E-state index in [1.165, 1.54) is 43.8 Å². The van der Waals surface area contributed by atoms with Gasteiger partial charge >= 0.3 is 0 Å². The van der Waals surface area contributed by atoms with E-state index >= 15 is 0 Å². The molecule has 0 N–H and O–H groups in total. The molecular weight excluding hydrogens is 558 g/mol. The number of hydrogen-bond donors (Lipinski definition) is 0. The maximum atomic E-state index is 6.49. The minimum absolute atomic E-state index is 0.876. The maximum absolute atomic E-state index is 6.49. The number of nitrogens with zero attached hydrogens (tertiary/aromatic N) is 1. The lowest BCUT2D eigenvalue weighted by Crippen LogP contribution is -2.09. The van der Waals surface area contributed by atoms with Crippen molar-refractivity contribution in [3.8, 4) is 22.3 Å². The molecule has 0 bridgehead atoms. The maximum Gasteiger partial charge on any atom is 0.137 e. The average molecular weight is 588 g/mol. The van der Waals surface area contributed by atoms with Crippen molar-refractivity contribution < 1.29 is 4.42 Å². The topological polar surface area (TPSA) is 16.4 Å². The molecule has 0 amide bonds. The van der Waals surface area contributed by atoms with Crippen molar-refractivity contribution in [2.45, 2.75) is 0 Å². The van der Waals surface area contributed by atoms with Crippen LogP contribution in [0, 0.1) is 0 Å². The van der Waals surface area contributed by atoms with Gasteiger partial charge < -0.3 is 9.32 Å². The first-order valence-electron chi connectivity index (χ1n) is 15.7. The van der Waals surface area contributed by atoms with E-state index in [0.717, 1.165) is 39.0 Å². The van der Waals surface area contributed by atoms with Gasteiger partial charge in [0.05, 0.1) is 0 Å². The molecule has 8 aromatic carbocycles. The Balaban J connectivity index is 1.15. The zero-order chi connectivity index (χ0) is 30.5. The van der Waals surface area contributed by atoms with Gasteiger partial charge in [0.2, 0.25) is 0 Å². The molecule has 2 nitrogen and oxygen atoms in total. The lowest BCUT2D eigenvalue weighted by Gasteiger charge is -2.26. The minimum atomic E-state index is 0.876. The summed E-state index contributed by atoms with van der Waals surface area (Å²) in [6.45, 7) is 0. The van der Waals surface area contributed by atoms with Crippen LogP contribution in [0.1, 0.15) is 0 Å². The van der Waals surface area contributed by atoms with Crippen molar-refractivity contribution in [3.63, 3.8) is 0 Å². The van der Waals surface area contributed by atoms with Crippen LogP contribution in [0.2, 0.25) is 0 Å². The Morgan fingerprint density at radius 2 is 0.804 bits per heavy atom. The molecule has 0 spiro atoms. The molecule has 46 heavy (non-hydrogen) atoms. The lowest BCUT2D eigenvalue weighted by molar-refractivity contribution is 0.669. The van der Waals surface area contributed by atoms with Gasteiger partial charge in [-0.15, -0.1) is 0 Å². The van der Waals surface area contributed by atoms with Gasteiger partial charge in [-0.1, -0.05) is 115 Å². The molecule has 9 aromatic rings. The van der Waals surface area contributed by atoms with Crippen LogP contribution in [0.5, 0.6) is 0 Å². The number of fused-ring (bicyclic) bond motifs is 5. The fourth-order valence-electron chi connectivity index (χ4n) is 6.64. The smallest absolute Gasteiger partial charge is 0.137 e. The highest BCUT2D eigenvalue weighted by molar-refractivity contribution is 6.10. The summed E-state index contributed by atoms with van der Waals surface area (Å²) in [5.74, 6) is 0. The highest BCUT2D eigenvalue weighted by Crippen LogP contribution is 2.40. The molecular formula is C44H29NO. The first-order chi connectivity index (χ1) is 22.8. The number of rotatable bonds is 5. The van der Waals surface area contributed by atoms with Crippen LogP contribution >= 0.6 is 0 Å². The van der Waals surface area contributed by atoms with E-state index in [-0.39, 0.29) is 0 Å². The fourth-order valence-corrected chi connectivity index (χ4v) is 6.64. The van der Waals surface area contributed by atoms with E-state index in [0.29, 0.717) is 0 Å². The summed E-state index contributed by atoms with van der Waals surface area (Å²) in [5.41, 5.74) is 9.78. The van der Waals surface area contributed by atoms with E-state index in [4.69, 9.17) is 4.42 Å². The molecule has 0 saturated carbocycles. The van der Waals surface area contributed by atoms with Crippen molar-refractivity contribution >= 4 is 60.5 Å². The second-order valence-electron chi connectivity index (χ2n) is 11.8. The summed E-state index contributed by atoms with van der Waals surface area (Å²) in [4.78, 5) is 2.31. The van der Waals surface area contributed by atoms with E-state index in [1.807, 2.05) is 0 Å². The Kier molecular flexibility index (Phi) is 6.17. The van der Waals surface area contributed by atoms with Crippen LogP contribution in [0.25, 0.3) is 65.7 Å². The Labute approximate surface area is 267 Å². The van der Waals surface area contributed by atoms with Gasteiger partial charge in [0, 0.05) is 33.9 Å². The molecule has 0 aliphatic rings. The monoisotopic (exact) mass is 587 g/mol. The summed E-state index contributed by atoms with van der Waals surface area (Å²) < 4.78 is 6.49. The van der Waals surface area contributed by atoms with Crippen LogP contribution in [0.15, 0.2) is 180 Å². The number of hydrogen-bond acceptors (Lipinski definition) is 2. The molecule has 0 fully saturated rings. The molecule has 1 aromatic heterocycles. The second kappa shape index (κ2) is 10.8. The molecule has 216 valence electrons. The molecule has 0 atom stereocenters. The van der Waals surface area contributed by atoms with E-state index in [1.54, 1.807) is 0 Å². The van der Waals surface area contributed by atoms with Crippen molar-refractivity contribution in [3.05, 3.63) is 176 Å². The fraction of sp³-hybridized carbons (Fsp3) is 0. The van der Waals surface area contributed by atoms with Gasteiger partial charge in [-0.3, -0.25) is 0 Å². The van der Waals surface area contributed by atoms with Gasteiger partial charge in [-0.05, 0) is 98.4 Å². The normalized spacial score (nSPS) is 11.5. The van der Waals surface area contributed by atoms with Crippen molar-refractivity contribution in [1.82, 2.24) is 0 Å². The summed E-state index contributed by atoms with van der Waals surface area (Å²) in [7, 11) is 0. The van der Waals surface area contributed by atoms with Crippen molar-refractivity contribution in [2.24, 2.45) is 0 Å². The third-order valence-electron chi connectivity index (χ3n) is 9.02. The van der Waals surface area contributed by atoms with Crippen LogP contribution in [-0.2, 0) is 0 Å². The third kappa shape index (κ3) is 4.60. The molecule has 0 saturated heterocycles. The van der Waals surface area contributed by atoms with Gasteiger partial charge in [-0.25, -0.2) is 0 Å². The SMILES string of the molecule is c1ccc(-c2ccc(N(c3ccc(-c4ccc5ccccc5c4)cc3)c3ccc4c(c3)oc3cc5ccccc5cc34)cc2)cc1. The first kappa shape index (κ1) is 26.3. The van der Waals surface area contributed by atoms with E-state index in [9.17, 15) is 0 Å². The van der Waals surface area contributed by atoms with Crippen LogP contribution < -0.4 is 4.90 Å². The van der Waals surface area contributed by atoms with Gasteiger partial charge in [0.25, 0.3) is 0 Å². The third-order valence-corrected chi connectivity index (χ3v) is 9.02. The predicted octanol–water partition coefficient (Wildman–Crippen LogP) is 12.7.